The number of hydrogen-bond acceptors (Lipinski definition) is 7. The van der Waals surface area contributed by atoms with E-state index in [4.69, 9.17) is 11.5 Å². The number of amides is 4. The minimum atomic E-state index is -1.25. The van der Waals surface area contributed by atoms with Crippen LogP contribution in [0.2, 0.25) is 0 Å². The molecule has 2 aromatic carbocycles. The standard InChI is InChI=1S/C27H35N5O6S/c1-39-13-12-20(25(35)32-22(27(37)38)15-18-10-6-3-7-11-18)30-26(36)21(14-17-8-4-2-5-9-17)31-24(34)19(28)16-23(29)33/h2-11,19-22H,12-16,28H2,1H3,(H2,29,33)(H,30,36)(H,31,34)(H,32,35)(H,37,38). The fraction of sp³-hybridized carbons (Fsp3) is 0.370. The summed E-state index contributed by atoms with van der Waals surface area (Å²) in [5.41, 5.74) is 12.4. The molecule has 4 amide bonds. The van der Waals surface area contributed by atoms with E-state index in [9.17, 15) is 29.1 Å². The average molecular weight is 558 g/mol. The summed E-state index contributed by atoms with van der Waals surface area (Å²) in [6.45, 7) is 0. The third kappa shape index (κ3) is 11.2. The van der Waals surface area contributed by atoms with Crippen LogP contribution in [0, 0.1) is 0 Å². The number of aliphatic carboxylic acids is 1. The second kappa shape index (κ2) is 16.1. The summed E-state index contributed by atoms with van der Waals surface area (Å²) in [4.78, 5) is 62.2. The van der Waals surface area contributed by atoms with Crippen molar-refractivity contribution in [2.75, 3.05) is 12.0 Å². The Kier molecular flexibility index (Phi) is 13.0. The Morgan fingerprint density at radius 2 is 1.23 bits per heavy atom. The lowest BCUT2D eigenvalue weighted by atomic mass is 10.0. The van der Waals surface area contributed by atoms with E-state index < -0.39 is 60.2 Å². The third-order valence-corrected chi connectivity index (χ3v) is 6.46. The molecule has 0 heterocycles. The van der Waals surface area contributed by atoms with E-state index in [1.54, 1.807) is 60.7 Å². The third-order valence-electron chi connectivity index (χ3n) is 5.81. The van der Waals surface area contributed by atoms with E-state index in [0.717, 1.165) is 11.1 Å². The van der Waals surface area contributed by atoms with Gasteiger partial charge in [-0.15, -0.1) is 0 Å². The van der Waals surface area contributed by atoms with Gasteiger partial charge in [0.25, 0.3) is 0 Å². The molecule has 0 spiro atoms. The first kappa shape index (κ1) is 31.3. The lowest BCUT2D eigenvalue weighted by molar-refractivity contribution is -0.142. The van der Waals surface area contributed by atoms with Gasteiger partial charge in [0.15, 0.2) is 0 Å². The highest BCUT2D eigenvalue weighted by Crippen LogP contribution is 2.09. The van der Waals surface area contributed by atoms with E-state index >= 15 is 0 Å². The molecular weight excluding hydrogens is 522 g/mol. The van der Waals surface area contributed by atoms with Crippen LogP contribution in [-0.4, -0.2) is 70.9 Å². The number of rotatable bonds is 16. The van der Waals surface area contributed by atoms with Gasteiger partial charge in [-0.1, -0.05) is 60.7 Å². The maximum atomic E-state index is 13.4. The molecule has 0 aromatic heterocycles. The highest BCUT2D eigenvalue weighted by molar-refractivity contribution is 7.98. The molecule has 0 aliphatic carbocycles. The molecule has 11 nitrogen and oxygen atoms in total. The Labute approximate surface area is 231 Å². The van der Waals surface area contributed by atoms with Gasteiger partial charge in [-0.3, -0.25) is 19.2 Å². The topological polar surface area (TPSA) is 194 Å². The second-order valence-corrected chi connectivity index (χ2v) is 9.95. The average Bonchev–Trinajstić information content (AvgIpc) is 2.90. The number of carboxylic acid groups (broad SMARTS) is 1. The molecule has 4 unspecified atom stereocenters. The van der Waals surface area contributed by atoms with Crippen LogP contribution in [0.4, 0.5) is 0 Å². The highest BCUT2D eigenvalue weighted by Gasteiger charge is 2.30. The summed E-state index contributed by atoms with van der Waals surface area (Å²) >= 11 is 1.46. The fourth-order valence-electron chi connectivity index (χ4n) is 3.75. The molecule has 0 fully saturated rings. The summed E-state index contributed by atoms with van der Waals surface area (Å²) in [6, 6.07) is 13.1. The minimum Gasteiger partial charge on any atom is -0.480 e. The predicted octanol–water partition coefficient (Wildman–Crippen LogP) is -0.0334. The monoisotopic (exact) mass is 557 g/mol. The molecule has 0 saturated carbocycles. The maximum Gasteiger partial charge on any atom is 0.326 e. The first-order chi connectivity index (χ1) is 18.6. The number of benzene rings is 2. The van der Waals surface area contributed by atoms with E-state index in [1.165, 1.54) is 11.8 Å². The Balaban J connectivity index is 2.20. The summed E-state index contributed by atoms with van der Waals surface area (Å²) in [7, 11) is 0. The molecule has 2 aromatic rings. The number of nitrogens with two attached hydrogens (primary N) is 2. The summed E-state index contributed by atoms with van der Waals surface area (Å²) in [5.74, 6) is -3.53. The lowest BCUT2D eigenvalue weighted by Gasteiger charge is -2.25. The van der Waals surface area contributed by atoms with Gasteiger partial charge in [0.05, 0.1) is 12.5 Å². The molecule has 0 radical (unpaired) electrons. The van der Waals surface area contributed by atoms with Crippen molar-refractivity contribution < 1.29 is 29.1 Å². The van der Waals surface area contributed by atoms with Crippen LogP contribution >= 0.6 is 11.8 Å². The first-order valence-electron chi connectivity index (χ1n) is 12.3. The lowest BCUT2D eigenvalue weighted by Crippen LogP contribution is -2.58. The van der Waals surface area contributed by atoms with Crippen molar-refractivity contribution in [3.05, 3.63) is 71.8 Å². The first-order valence-corrected chi connectivity index (χ1v) is 13.7. The zero-order valence-corrected chi connectivity index (χ0v) is 22.5. The number of thioether (sulfide) groups is 1. The Bertz CT molecular complexity index is 1120. The van der Waals surface area contributed by atoms with Gasteiger partial charge in [0.1, 0.15) is 18.1 Å². The summed E-state index contributed by atoms with van der Waals surface area (Å²) < 4.78 is 0. The Morgan fingerprint density at radius 3 is 1.72 bits per heavy atom. The zero-order valence-electron chi connectivity index (χ0n) is 21.7. The maximum absolute atomic E-state index is 13.4. The minimum absolute atomic E-state index is 0.0650. The molecule has 0 aliphatic heterocycles. The molecule has 39 heavy (non-hydrogen) atoms. The number of carbonyl (C=O) groups is 5. The van der Waals surface area contributed by atoms with Crippen molar-refractivity contribution in [3.63, 3.8) is 0 Å². The van der Waals surface area contributed by atoms with E-state index in [1.807, 2.05) is 6.26 Å². The summed E-state index contributed by atoms with van der Waals surface area (Å²) in [5, 5.41) is 17.4. The number of nitrogens with one attached hydrogen (secondary N) is 3. The molecule has 8 N–H and O–H groups in total. The second-order valence-electron chi connectivity index (χ2n) is 8.96. The number of hydrogen-bond donors (Lipinski definition) is 6. The van der Waals surface area contributed by atoms with Gasteiger partial charge in [-0.2, -0.15) is 11.8 Å². The van der Waals surface area contributed by atoms with Crippen molar-refractivity contribution in [2.24, 2.45) is 11.5 Å². The van der Waals surface area contributed by atoms with Crippen LogP contribution in [-0.2, 0) is 36.8 Å². The van der Waals surface area contributed by atoms with Crippen LogP contribution in [0.3, 0.4) is 0 Å². The van der Waals surface area contributed by atoms with Crippen LogP contribution in [0.1, 0.15) is 24.0 Å². The molecule has 2 rings (SSSR count). The Hall–Kier alpha value is -3.90. The van der Waals surface area contributed by atoms with Crippen molar-refractivity contribution in [1.82, 2.24) is 16.0 Å². The van der Waals surface area contributed by atoms with Crippen LogP contribution < -0.4 is 27.4 Å². The summed E-state index contributed by atoms with van der Waals surface area (Å²) in [6.07, 6.45) is 1.82. The van der Waals surface area contributed by atoms with Crippen molar-refractivity contribution in [1.29, 1.82) is 0 Å². The van der Waals surface area contributed by atoms with E-state index in [0.29, 0.717) is 5.75 Å². The van der Waals surface area contributed by atoms with Gasteiger partial charge in [-0.05, 0) is 29.6 Å². The molecule has 0 saturated heterocycles. The predicted molar refractivity (Wildman–Crippen MR) is 149 cm³/mol. The molecule has 0 bridgehead atoms. The number of carboxylic acids is 1. The highest BCUT2D eigenvalue weighted by atomic mass is 32.2. The zero-order chi connectivity index (χ0) is 28.8. The van der Waals surface area contributed by atoms with Gasteiger partial charge in [0, 0.05) is 12.8 Å². The van der Waals surface area contributed by atoms with Gasteiger partial charge in [-0.25, -0.2) is 4.79 Å². The number of primary amides is 1. The molecule has 4 atom stereocenters. The Morgan fingerprint density at radius 1 is 0.769 bits per heavy atom. The van der Waals surface area contributed by atoms with E-state index in [2.05, 4.69) is 16.0 Å². The van der Waals surface area contributed by atoms with E-state index in [-0.39, 0.29) is 19.3 Å². The number of carbonyl (C=O) groups excluding carboxylic acids is 4. The normalized spacial score (nSPS) is 13.8. The van der Waals surface area contributed by atoms with Crippen LogP contribution in [0.5, 0.6) is 0 Å². The van der Waals surface area contributed by atoms with Gasteiger partial charge < -0.3 is 32.5 Å². The van der Waals surface area contributed by atoms with Crippen LogP contribution in [0.15, 0.2) is 60.7 Å². The van der Waals surface area contributed by atoms with Crippen molar-refractivity contribution in [2.45, 2.75) is 49.9 Å². The molecular formula is C27H35N5O6S. The van der Waals surface area contributed by atoms with Gasteiger partial charge in [0.2, 0.25) is 23.6 Å². The SMILES string of the molecule is CSCCC(NC(=O)C(Cc1ccccc1)NC(=O)C(N)CC(N)=O)C(=O)NC(Cc1ccccc1)C(=O)O. The van der Waals surface area contributed by atoms with Gasteiger partial charge >= 0.3 is 5.97 Å². The quantitative estimate of drug-likeness (QED) is 0.165. The largest absolute Gasteiger partial charge is 0.480 e. The fourth-order valence-corrected chi connectivity index (χ4v) is 4.22. The van der Waals surface area contributed by atoms with Crippen molar-refractivity contribution >= 4 is 41.4 Å². The van der Waals surface area contributed by atoms with Crippen molar-refractivity contribution in [3.8, 4) is 0 Å². The molecule has 210 valence electrons. The molecule has 12 heteroatoms. The molecule has 0 aliphatic rings. The van der Waals surface area contributed by atoms with Crippen LogP contribution in [0.25, 0.3) is 0 Å². The smallest absolute Gasteiger partial charge is 0.326 e.